The Morgan fingerprint density at radius 2 is 1.74 bits per heavy atom. The van der Waals surface area contributed by atoms with E-state index < -0.39 is 29.1 Å². The molecule has 2 aliphatic rings. The molecule has 31 heavy (non-hydrogen) atoms. The molecule has 2 heterocycles. The quantitative estimate of drug-likeness (QED) is 0.808. The summed E-state index contributed by atoms with van der Waals surface area (Å²) >= 11 is 0. The van der Waals surface area contributed by atoms with E-state index in [1.54, 1.807) is 4.90 Å². The Hall–Kier alpha value is -3.10. The Morgan fingerprint density at radius 3 is 2.35 bits per heavy atom. The average molecular weight is 433 g/mol. The van der Waals surface area contributed by atoms with E-state index in [2.05, 4.69) is 0 Å². The van der Waals surface area contributed by atoms with Crippen LogP contribution in [0.4, 0.5) is 13.2 Å². The number of alkyl halides is 2. The Balaban J connectivity index is 1.67. The van der Waals surface area contributed by atoms with Crippen LogP contribution in [-0.4, -0.2) is 33.7 Å². The van der Waals surface area contributed by atoms with Gasteiger partial charge in [0.2, 0.25) is 11.8 Å². The van der Waals surface area contributed by atoms with Gasteiger partial charge in [-0.1, -0.05) is 0 Å². The number of hydrogen-bond donors (Lipinski definition) is 1. The summed E-state index contributed by atoms with van der Waals surface area (Å²) in [5.74, 6) is -4.71. The summed E-state index contributed by atoms with van der Waals surface area (Å²) < 4.78 is 41.4. The number of amides is 2. The molecule has 0 bridgehead atoms. The second kappa shape index (κ2) is 7.86. The highest BCUT2D eigenvalue weighted by Crippen LogP contribution is 2.37. The maximum Gasteiger partial charge on any atom is 0.268 e. The third kappa shape index (κ3) is 4.08. The molecule has 9 heteroatoms. The van der Waals surface area contributed by atoms with Crippen LogP contribution in [0.5, 0.6) is 0 Å². The number of rotatable bonds is 3. The smallest absolute Gasteiger partial charge is 0.268 e. The van der Waals surface area contributed by atoms with Gasteiger partial charge in [-0.15, -0.1) is 0 Å². The number of nitrogens with zero attached hydrogens (tertiary/aromatic N) is 2. The minimum Gasteiger partial charge on any atom is -0.365 e. The predicted octanol–water partition coefficient (Wildman–Crippen LogP) is 2.79. The van der Waals surface area contributed by atoms with Crippen LogP contribution in [0.3, 0.4) is 0 Å². The summed E-state index contributed by atoms with van der Waals surface area (Å²) in [5.41, 5.74) is 6.16. The summed E-state index contributed by atoms with van der Waals surface area (Å²) in [4.78, 5) is 39.5. The van der Waals surface area contributed by atoms with E-state index in [-0.39, 0.29) is 56.7 Å². The zero-order valence-corrected chi connectivity index (χ0v) is 16.7. The van der Waals surface area contributed by atoms with E-state index >= 15 is 0 Å². The second-order valence-corrected chi connectivity index (χ2v) is 8.16. The zero-order valence-electron chi connectivity index (χ0n) is 16.7. The van der Waals surface area contributed by atoms with Crippen molar-refractivity contribution in [2.45, 2.75) is 44.6 Å². The maximum absolute atomic E-state index is 13.4. The van der Waals surface area contributed by atoms with Gasteiger partial charge in [-0.25, -0.2) is 13.2 Å². The van der Waals surface area contributed by atoms with Crippen LogP contribution in [0.2, 0.25) is 0 Å². The number of primary amides is 1. The molecular formula is C22H22F3N3O3. The van der Waals surface area contributed by atoms with E-state index in [1.807, 2.05) is 0 Å². The van der Waals surface area contributed by atoms with Crippen molar-refractivity contribution in [3.63, 3.8) is 0 Å². The molecule has 1 fully saturated rings. The molecule has 1 aromatic carbocycles. The van der Waals surface area contributed by atoms with E-state index in [0.29, 0.717) is 16.8 Å². The van der Waals surface area contributed by atoms with E-state index in [0.717, 1.165) is 0 Å². The highest BCUT2D eigenvalue weighted by Gasteiger charge is 2.39. The molecular weight excluding hydrogens is 411 g/mol. The van der Waals surface area contributed by atoms with Gasteiger partial charge in [-0.2, -0.15) is 0 Å². The van der Waals surface area contributed by atoms with Crippen LogP contribution < -0.4 is 11.3 Å². The number of carbonyl (C=O) groups is 2. The maximum atomic E-state index is 13.4. The van der Waals surface area contributed by atoms with Crippen LogP contribution in [0.1, 0.15) is 47.2 Å². The fraction of sp³-hybridized carbons (Fsp3) is 0.409. The molecule has 6 nitrogen and oxygen atoms in total. The van der Waals surface area contributed by atoms with Crippen molar-refractivity contribution < 1.29 is 22.8 Å². The Morgan fingerprint density at radius 1 is 1.10 bits per heavy atom. The molecule has 164 valence electrons. The molecule has 0 saturated heterocycles. The number of nitrogens with two attached hydrogens (primary N) is 1. The lowest BCUT2D eigenvalue weighted by Gasteiger charge is -2.35. The van der Waals surface area contributed by atoms with Crippen molar-refractivity contribution >= 4 is 11.8 Å². The number of fused-ring (bicyclic) bond motifs is 1. The molecule has 0 radical (unpaired) electrons. The van der Waals surface area contributed by atoms with Gasteiger partial charge in [0, 0.05) is 43.7 Å². The molecule has 1 aliphatic heterocycles. The molecule has 0 atom stereocenters. The Labute approximate surface area is 176 Å². The standard InChI is InChI=1S/C22H22F3N3O3/c23-15-1-3-16(4-2-15)28-12-14-11-27(10-7-17(14)18(19(26)29)21(28)31)20(30)13-5-8-22(24,25)9-6-13/h1-4,12-13H,5-11H2,(H2,26,29). The van der Waals surface area contributed by atoms with Crippen molar-refractivity contribution in [3.05, 3.63) is 63.3 Å². The lowest BCUT2D eigenvalue weighted by Crippen LogP contribution is -2.43. The highest BCUT2D eigenvalue weighted by molar-refractivity contribution is 5.94. The van der Waals surface area contributed by atoms with E-state index in [1.165, 1.54) is 35.0 Å². The SMILES string of the molecule is NC(=O)c1c2c(cn(-c3ccc(F)cc3)c1=O)CN(C(=O)C1CCC(F)(F)CC1)CC2. The monoisotopic (exact) mass is 433 g/mol. The van der Waals surface area contributed by atoms with Gasteiger partial charge in [0.25, 0.3) is 11.5 Å². The highest BCUT2D eigenvalue weighted by atomic mass is 19.3. The van der Waals surface area contributed by atoms with Crippen LogP contribution in [0, 0.1) is 11.7 Å². The van der Waals surface area contributed by atoms with Crippen LogP contribution in [0.15, 0.2) is 35.3 Å². The van der Waals surface area contributed by atoms with Gasteiger partial charge in [0.05, 0.1) is 0 Å². The fourth-order valence-corrected chi connectivity index (χ4v) is 4.44. The first-order chi connectivity index (χ1) is 14.7. The summed E-state index contributed by atoms with van der Waals surface area (Å²) in [6.07, 6.45) is 1.47. The summed E-state index contributed by atoms with van der Waals surface area (Å²) in [5, 5.41) is 0. The molecule has 2 N–H and O–H groups in total. The first-order valence-electron chi connectivity index (χ1n) is 10.2. The molecule has 2 amide bonds. The molecule has 0 unspecified atom stereocenters. The number of hydrogen-bond acceptors (Lipinski definition) is 3. The summed E-state index contributed by atoms with van der Waals surface area (Å²) in [7, 11) is 0. The zero-order chi connectivity index (χ0) is 22.3. The Kier molecular flexibility index (Phi) is 5.36. The number of benzene rings is 1. The predicted molar refractivity (Wildman–Crippen MR) is 107 cm³/mol. The van der Waals surface area contributed by atoms with Crippen molar-refractivity contribution in [2.24, 2.45) is 11.7 Å². The summed E-state index contributed by atoms with van der Waals surface area (Å²) in [6.45, 7) is 0.418. The minimum atomic E-state index is -2.72. The van der Waals surface area contributed by atoms with Crippen molar-refractivity contribution in [3.8, 4) is 5.69 Å². The first kappa shape index (κ1) is 21.1. The van der Waals surface area contributed by atoms with Gasteiger partial charge >= 0.3 is 0 Å². The largest absolute Gasteiger partial charge is 0.365 e. The van der Waals surface area contributed by atoms with Crippen molar-refractivity contribution in [2.75, 3.05) is 6.54 Å². The number of pyridine rings is 1. The van der Waals surface area contributed by atoms with Gasteiger partial charge < -0.3 is 10.6 Å². The van der Waals surface area contributed by atoms with Gasteiger partial charge in [0.1, 0.15) is 11.4 Å². The lowest BCUT2D eigenvalue weighted by molar-refractivity contribution is -0.140. The van der Waals surface area contributed by atoms with Crippen LogP contribution in [0.25, 0.3) is 5.69 Å². The molecule has 1 aromatic heterocycles. The third-order valence-corrected chi connectivity index (χ3v) is 6.13. The van der Waals surface area contributed by atoms with E-state index in [4.69, 9.17) is 5.73 Å². The Bertz CT molecular complexity index is 1090. The molecule has 1 saturated carbocycles. The van der Waals surface area contributed by atoms with Gasteiger partial charge in [-0.3, -0.25) is 19.0 Å². The molecule has 2 aromatic rings. The first-order valence-corrected chi connectivity index (χ1v) is 10.2. The third-order valence-electron chi connectivity index (χ3n) is 6.13. The normalized spacial score (nSPS) is 18.5. The number of halogens is 3. The second-order valence-electron chi connectivity index (χ2n) is 8.16. The molecule has 4 rings (SSSR count). The molecule has 0 spiro atoms. The number of carbonyl (C=O) groups excluding carboxylic acids is 2. The van der Waals surface area contributed by atoms with Crippen LogP contribution >= 0.6 is 0 Å². The minimum absolute atomic E-state index is 0.136. The average Bonchev–Trinajstić information content (AvgIpc) is 2.73. The van der Waals surface area contributed by atoms with Gasteiger partial charge in [-0.05, 0) is 54.7 Å². The lowest BCUT2D eigenvalue weighted by atomic mass is 9.85. The molecule has 1 aliphatic carbocycles. The number of aromatic nitrogens is 1. The fourth-order valence-electron chi connectivity index (χ4n) is 4.44. The van der Waals surface area contributed by atoms with Crippen molar-refractivity contribution in [1.29, 1.82) is 0 Å². The topological polar surface area (TPSA) is 85.4 Å². The van der Waals surface area contributed by atoms with Crippen molar-refractivity contribution in [1.82, 2.24) is 9.47 Å². The van der Waals surface area contributed by atoms with E-state index in [9.17, 15) is 27.6 Å². The summed E-state index contributed by atoms with van der Waals surface area (Å²) in [6, 6.07) is 5.20. The van der Waals surface area contributed by atoms with Crippen LogP contribution in [-0.2, 0) is 17.8 Å². The van der Waals surface area contributed by atoms with Gasteiger partial charge in [0.15, 0.2) is 0 Å².